The molecule has 1 aliphatic heterocycles. The molecule has 2 rings (SSSR count). The van der Waals surface area contributed by atoms with E-state index in [1.807, 2.05) is 6.07 Å². The molecule has 0 saturated heterocycles. The van der Waals surface area contributed by atoms with Crippen molar-refractivity contribution in [1.29, 1.82) is 0 Å². The number of benzene rings is 1. The highest BCUT2D eigenvalue weighted by Crippen LogP contribution is 2.30. The van der Waals surface area contributed by atoms with Gasteiger partial charge in [0.2, 0.25) is 0 Å². The molecule has 1 atom stereocenters. The van der Waals surface area contributed by atoms with E-state index >= 15 is 0 Å². The van der Waals surface area contributed by atoms with Gasteiger partial charge in [0, 0.05) is 6.42 Å². The van der Waals surface area contributed by atoms with Crippen LogP contribution in [0.1, 0.15) is 18.9 Å². The van der Waals surface area contributed by atoms with Gasteiger partial charge in [-0.05, 0) is 49.7 Å². The van der Waals surface area contributed by atoms with Crippen molar-refractivity contribution < 1.29 is 9.47 Å². The van der Waals surface area contributed by atoms with Crippen LogP contribution in [0.5, 0.6) is 11.5 Å². The quantitative estimate of drug-likeness (QED) is 0.766. The maximum absolute atomic E-state index is 5.69. The van der Waals surface area contributed by atoms with Crippen LogP contribution in [-0.4, -0.2) is 32.8 Å². The van der Waals surface area contributed by atoms with Crippen LogP contribution in [0.15, 0.2) is 18.2 Å². The molecule has 3 N–H and O–H groups in total. The lowest BCUT2D eigenvalue weighted by Crippen LogP contribution is -2.27. The molecule has 1 unspecified atom stereocenters. The Kier molecular flexibility index (Phi) is 5.48. The highest BCUT2D eigenvalue weighted by atomic mass is 16.5. The van der Waals surface area contributed by atoms with Gasteiger partial charge in [-0.15, -0.1) is 0 Å². The van der Waals surface area contributed by atoms with Gasteiger partial charge >= 0.3 is 0 Å². The average Bonchev–Trinajstić information content (AvgIpc) is 2.68. The topological polar surface area (TPSA) is 56.5 Å². The fourth-order valence-corrected chi connectivity index (χ4v) is 2.03. The van der Waals surface area contributed by atoms with Crippen LogP contribution in [-0.2, 0) is 6.42 Å². The molecular weight excluding hydrogens is 240 g/mol. The Morgan fingerprint density at radius 1 is 1.26 bits per heavy atom. The van der Waals surface area contributed by atoms with Crippen LogP contribution < -0.4 is 20.5 Å². The van der Waals surface area contributed by atoms with Crippen LogP contribution >= 0.6 is 0 Å². The Labute approximate surface area is 115 Å². The van der Waals surface area contributed by atoms with Gasteiger partial charge in [0.05, 0.1) is 13.2 Å². The van der Waals surface area contributed by atoms with Gasteiger partial charge < -0.3 is 20.5 Å². The minimum absolute atomic E-state index is 0.531. The molecule has 0 radical (unpaired) electrons. The zero-order chi connectivity index (χ0) is 13.5. The first kappa shape index (κ1) is 14.2. The SMILES string of the molecule is CC(CN)CNCCc1ccc2c(c1)OCCCO2. The summed E-state index contributed by atoms with van der Waals surface area (Å²) in [7, 11) is 0. The number of fused-ring (bicyclic) bond motifs is 1. The third kappa shape index (κ3) is 4.40. The highest BCUT2D eigenvalue weighted by molar-refractivity contribution is 5.43. The Hall–Kier alpha value is -1.26. The van der Waals surface area contributed by atoms with Gasteiger partial charge in [0.1, 0.15) is 0 Å². The minimum atomic E-state index is 0.531. The lowest BCUT2D eigenvalue weighted by molar-refractivity contribution is 0.297. The Morgan fingerprint density at radius 2 is 2.05 bits per heavy atom. The molecule has 4 nitrogen and oxygen atoms in total. The highest BCUT2D eigenvalue weighted by Gasteiger charge is 2.10. The lowest BCUT2D eigenvalue weighted by Gasteiger charge is -2.11. The van der Waals surface area contributed by atoms with Gasteiger partial charge in [0.15, 0.2) is 11.5 Å². The number of hydrogen-bond donors (Lipinski definition) is 2. The van der Waals surface area contributed by atoms with E-state index in [2.05, 4.69) is 24.4 Å². The van der Waals surface area contributed by atoms with E-state index in [-0.39, 0.29) is 0 Å². The van der Waals surface area contributed by atoms with Gasteiger partial charge in [-0.25, -0.2) is 0 Å². The molecule has 0 aromatic heterocycles. The number of ether oxygens (including phenoxy) is 2. The minimum Gasteiger partial charge on any atom is -0.490 e. The molecule has 106 valence electrons. The van der Waals surface area contributed by atoms with E-state index in [1.54, 1.807) is 0 Å². The maximum atomic E-state index is 5.69. The Bertz CT molecular complexity index is 396. The normalized spacial score (nSPS) is 15.9. The summed E-state index contributed by atoms with van der Waals surface area (Å²) in [4.78, 5) is 0. The van der Waals surface area contributed by atoms with Crippen molar-refractivity contribution in [3.63, 3.8) is 0 Å². The molecule has 1 heterocycles. The largest absolute Gasteiger partial charge is 0.490 e. The summed E-state index contributed by atoms with van der Waals surface area (Å²) >= 11 is 0. The standard InChI is InChI=1S/C15H24N2O2/c1-12(10-16)11-17-6-5-13-3-4-14-15(9-13)19-8-2-7-18-14/h3-4,9,12,17H,2,5-8,10-11,16H2,1H3. The summed E-state index contributed by atoms with van der Waals surface area (Å²) < 4.78 is 11.3. The predicted octanol–water partition coefficient (Wildman–Crippen LogP) is 1.57. The lowest BCUT2D eigenvalue weighted by atomic mass is 10.1. The second-order valence-corrected chi connectivity index (χ2v) is 5.13. The Morgan fingerprint density at radius 3 is 2.84 bits per heavy atom. The van der Waals surface area contributed by atoms with Crippen molar-refractivity contribution in [2.45, 2.75) is 19.8 Å². The van der Waals surface area contributed by atoms with Crippen molar-refractivity contribution in [2.24, 2.45) is 11.7 Å². The Balaban J connectivity index is 1.82. The number of nitrogens with one attached hydrogen (secondary N) is 1. The van der Waals surface area contributed by atoms with Gasteiger partial charge in [-0.1, -0.05) is 13.0 Å². The fraction of sp³-hybridized carbons (Fsp3) is 0.600. The van der Waals surface area contributed by atoms with Gasteiger partial charge in [-0.2, -0.15) is 0 Å². The third-order valence-corrected chi connectivity index (χ3v) is 3.30. The molecule has 0 fully saturated rings. The van der Waals surface area contributed by atoms with Crippen molar-refractivity contribution in [2.75, 3.05) is 32.8 Å². The zero-order valence-corrected chi connectivity index (χ0v) is 11.7. The number of hydrogen-bond acceptors (Lipinski definition) is 4. The summed E-state index contributed by atoms with van der Waals surface area (Å²) in [5, 5.41) is 3.42. The van der Waals surface area contributed by atoms with Crippen LogP contribution in [0, 0.1) is 5.92 Å². The molecule has 0 spiro atoms. The maximum Gasteiger partial charge on any atom is 0.161 e. The van der Waals surface area contributed by atoms with Crippen LogP contribution in [0.25, 0.3) is 0 Å². The first-order chi connectivity index (χ1) is 9.29. The summed E-state index contributed by atoms with van der Waals surface area (Å²) in [6.45, 7) is 6.30. The van der Waals surface area contributed by atoms with E-state index in [1.165, 1.54) is 5.56 Å². The van der Waals surface area contributed by atoms with E-state index in [0.29, 0.717) is 5.92 Å². The second kappa shape index (κ2) is 7.36. The molecule has 1 aromatic rings. The van der Waals surface area contributed by atoms with Crippen molar-refractivity contribution >= 4 is 0 Å². The van der Waals surface area contributed by atoms with Crippen molar-refractivity contribution in [3.05, 3.63) is 23.8 Å². The molecule has 0 bridgehead atoms. The van der Waals surface area contributed by atoms with Crippen LogP contribution in [0.3, 0.4) is 0 Å². The molecular formula is C15H24N2O2. The predicted molar refractivity (Wildman–Crippen MR) is 76.8 cm³/mol. The zero-order valence-electron chi connectivity index (χ0n) is 11.7. The van der Waals surface area contributed by atoms with Gasteiger partial charge in [-0.3, -0.25) is 0 Å². The second-order valence-electron chi connectivity index (χ2n) is 5.13. The number of nitrogens with two attached hydrogens (primary N) is 1. The molecule has 0 saturated carbocycles. The van der Waals surface area contributed by atoms with Crippen molar-refractivity contribution in [3.8, 4) is 11.5 Å². The first-order valence-electron chi connectivity index (χ1n) is 7.09. The van der Waals surface area contributed by atoms with E-state index in [4.69, 9.17) is 15.2 Å². The summed E-state index contributed by atoms with van der Waals surface area (Å²) in [6, 6.07) is 6.22. The van der Waals surface area contributed by atoms with Gasteiger partial charge in [0.25, 0.3) is 0 Å². The van der Waals surface area contributed by atoms with E-state index in [0.717, 1.165) is 57.2 Å². The monoisotopic (exact) mass is 264 g/mol. The summed E-state index contributed by atoms with van der Waals surface area (Å²) in [5.41, 5.74) is 6.86. The van der Waals surface area contributed by atoms with E-state index < -0.39 is 0 Å². The van der Waals surface area contributed by atoms with E-state index in [9.17, 15) is 0 Å². The fourth-order valence-electron chi connectivity index (χ4n) is 2.03. The molecule has 0 aliphatic carbocycles. The molecule has 0 amide bonds. The molecule has 1 aliphatic rings. The number of rotatable bonds is 6. The van der Waals surface area contributed by atoms with Crippen LogP contribution in [0.4, 0.5) is 0 Å². The average molecular weight is 264 g/mol. The summed E-state index contributed by atoms with van der Waals surface area (Å²) in [5.74, 6) is 2.28. The first-order valence-corrected chi connectivity index (χ1v) is 7.09. The smallest absolute Gasteiger partial charge is 0.161 e. The summed E-state index contributed by atoms with van der Waals surface area (Å²) in [6.07, 6.45) is 1.94. The third-order valence-electron chi connectivity index (χ3n) is 3.30. The molecule has 1 aromatic carbocycles. The molecule has 19 heavy (non-hydrogen) atoms. The van der Waals surface area contributed by atoms with Crippen LogP contribution in [0.2, 0.25) is 0 Å². The molecule has 4 heteroatoms. The van der Waals surface area contributed by atoms with Crippen molar-refractivity contribution in [1.82, 2.24) is 5.32 Å².